The normalized spacial score (nSPS) is 14.2. The molecule has 1 aliphatic rings. The van der Waals surface area contributed by atoms with Gasteiger partial charge in [-0.25, -0.2) is 14.5 Å². The number of fused-ring (bicyclic) bond motifs is 1. The summed E-state index contributed by atoms with van der Waals surface area (Å²) in [7, 11) is 1.78. The topological polar surface area (TPSA) is 91.0 Å². The quantitative estimate of drug-likeness (QED) is 0.829. The van der Waals surface area contributed by atoms with Crippen molar-refractivity contribution in [2.45, 2.75) is 52.9 Å². The van der Waals surface area contributed by atoms with Crippen molar-refractivity contribution in [2.75, 3.05) is 0 Å². The van der Waals surface area contributed by atoms with Crippen molar-refractivity contribution in [3.63, 3.8) is 0 Å². The Bertz CT molecular complexity index is 741. The molecule has 0 saturated carbocycles. The summed E-state index contributed by atoms with van der Waals surface area (Å²) in [5.74, 6) is 1.35. The molecule has 0 saturated heterocycles. The minimum Gasteiger partial charge on any atom is -0.444 e. The maximum atomic E-state index is 12.2. The van der Waals surface area contributed by atoms with Crippen LogP contribution in [0.1, 0.15) is 39.1 Å². The number of carbonyl (C=O) groups is 1. The van der Waals surface area contributed by atoms with E-state index in [1.165, 1.54) is 0 Å². The Morgan fingerprint density at radius 1 is 1.26 bits per heavy atom. The van der Waals surface area contributed by atoms with Gasteiger partial charge in [0.1, 0.15) is 5.60 Å². The molecule has 0 fully saturated rings. The number of amides is 1. The second kappa shape index (κ2) is 5.32. The highest BCUT2D eigenvalue weighted by atomic mass is 16.6. The molecule has 2 aromatic heterocycles. The molecule has 0 atom stereocenters. The lowest BCUT2D eigenvalue weighted by Gasteiger charge is -2.24. The van der Waals surface area contributed by atoms with E-state index in [1.807, 2.05) is 32.3 Å². The van der Waals surface area contributed by atoms with Crippen LogP contribution in [0.3, 0.4) is 0 Å². The average Bonchev–Trinajstić information content (AvgIpc) is 3.09. The van der Waals surface area contributed by atoms with Gasteiger partial charge in [-0.3, -0.25) is 4.90 Å². The van der Waals surface area contributed by atoms with Crippen molar-refractivity contribution in [3.05, 3.63) is 11.4 Å². The summed E-state index contributed by atoms with van der Waals surface area (Å²) < 4.78 is 9.07. The maximum absolute atomic E-state index is 12.2. The van der Waals surface area contributed by atoms with Crippen LogP contribution in [0.2, 0.25) is 0 Å². The van der Waals surface area contributed by atoms with Gasteiger partial charge in [0.05, 0.1) is 24.5 Å². The van der Waals surface area contributed by atoms with E-state index in [-0.39, 0.29) is 6.09 Å². The Morgan fingerprint density at radius 3 is 2.57 bits per heavy atom. The van der Waals surface area contributed by atoms with Crippen LogP contribution < -0.4 is 0 Å². The van der Waals surface area contributed by atoms with Gasteiger partial charge in [-0.1, -0.05) is 0 Å². The fraction of sp³-hybridized carbons (Fsp3) is 0.643. The molecule has 1 amide bonds. The number of ether oxygens (including phenoxy) is 1. The van der Waals surface area contributed by atoms with E-state index in [0.29, 0.717) is 18.9 Å². The summed E-state index contributed by atoms with van der Waals surface area (Å²) in [6, 6.07) is 0. The van der Waals surface area contributed by atoms with Gasteiger partial charge in [0, 0.05) is 13.6 Å². The van der Waals surface area contributed by atoms with Crippen molar-refractivity contribution in [2.24, 2.45) is 7.05 Å². The van der Waals surface area contributed by atoms with Gasteiger partial charge in [-0.05, 0) is 38.1 Å². The van der Waals surface area contributed by atoms with E-state index < -0.39 is 5.60 Å². The molecule has 0 spiro atoms. The third kappa shape index (κ3) is 2.78. The molecule has 23 heavy (non-hydrogen) atoms. The minimum atomic E-state index is -0.507. The van der Waals surface area contributed by atoms with Gasteiger partial charge in [-0.15, -0.1) is 5.10 Å². The minimum absolute atomic E-state index is 0.319. The molecular weight excluding hydrogens is 298 g/mol. The first-order chi connectivity index (χ1) is 10.8. The average molecular weight is 319 g/mol. The summed E-state index contributed by atoms with van der Waals surface area (Å²) in [4.78, 5) is 18.5. The number of aryl methyl sites for hydroxylation is 1. The maximum Gasteiger partial charge on any atom is 0.410 e. The van der Waals surface area contributed by atoms with Crippen LogP contribution in [-0.4, -0.2) is 46.4 Å². The Balaban J connectivity index is 1.86. The van der Waals surface area contributed by atoms with E-state index in [4.69, 9.17) is 4.74 Å². The van der Waals surface area contributed by atoms with Crippen molar-refractivity contribution >= 4 is 6.09 Å². The third-order valence-corrected chi connectivity index (χ3v) is 3.62. The molecule has 1 aliphatic heterocycles. The van der Waals surface area contributed by atoms with Crippen LogP contribution in [0.4, 0.5) is 4.79 Å². The highest BCUT2D eigenvalue weighted by Crippen LogP contribution is 2.28. The lowest BCUT2D eigenvalue weighted by atomic mass is 10.2. The Morgan fingerprint density at radius 2 is 2.00 bits per heavy atom. The zero-order valence-corrected chi connectivity index (χ0v) is 14.1. The summed E-state index contributed by atoms with van der Waals surface area (Å²) in [6.07, 6.45) is -0.319. The van der Waals surface area contributed by atoms with Crippen LogP contribution in [0.5, 0.6) is 0 Å². The second-order valence-electron chi connectivity index (χ2n) is 6.54. The van der Waals surface area contributed by atoms with Gasteiger partial charge in [-0.2, -0.15) is 0 Å². The Labute approximate surface area is 134 Å². The predicted molar refractivity (Wildman–Crippen MR) is 81.2 cm³/mol. The number of carbonyl (C=O) groups excluding carboxylic acids is 1. The number of nitrogens with zero attached hydrogens (tertiary/aromatic N) is 7. The van der Waals surface area contributed by atoms with Crippen molar-refractivity contribution < 1.29 is 9.53 Å². The summed E-state index contributed by atoms with van der Waals surface area (Å²) in [5.41, 5.74) is 1.37. The van der Waals surface area contributed by atoms with Crippen LogP contribution >= 0.6 is 0 Å². The first-order valence-corrected chi connectivity index (χ1v) is 7.59. The van der Waals surface area contributed by atoms with Crippen molar-refractivity contribution in [3.8, 4) is 11.6 Å². The number of hydrogen-bond acceptors (Lipinski definition) is 6. The van der Waals surface area contributed by atoms with Crippen LogP contribution in [0.15, 0.2) is 0 Å². The molecule has 3 heterocycles. The smallest absolute Gasteiger partial charge is 0.410 e. The van der Waals surface area contributed by atoms with Crippen LogP contribution in [0.25, 0.3) is 11.6 Å². The van der Waals surface area contributed by atoms with E-state index in [2.05, 4.69) is 20.5 Å². The SMILES string of the molecule is CCn1c(-c2nnnn2C)nc2c1CN(C(=O)OC(C)(C)C)C2. The Kier molecular flexibility index (Phi) is 3.57. The van der Waals surface area contributed by atoms with Gasteiger partial charge in [0.15, 0.2) is 5.82 Å². The van der Waals surface area contributed by atoms with Crippen LogP contribution in [-0.2, 0) is 31.4 Å². The lowest BCUT2D eigenvalue weighted by Crippen LogP contribution is -2.33. The van der Waals surface area contributed by atoms with Gasteiger partial charge >= 0.3 is 6.09 Å². The molecule has 9 nitrogen and oxygen atoms in total. The fourth-order valence-electron chi connectivity index (χ4n) is 2.64. The number of hydrogen-bond donors (Lipinski definition) is 0. The molecule has 0 radical (unpaired) electrons. The summed E-state index contributed by atoms with van der Waals surface area (Å²) in [6.45, 7) is 9.26. The predicted octanol–water partition coefficient (Wildman–Crippen LogP) is 1.34. The first-order valence-electron chi connectivity index (χ1n) is 7.59. The molecule has 3 rings (SSSR count). The zero-order chi connectivity index (χ0) is 16.8. The van der Waals surface area contributed by atoms with Gasteiger partial charge in [0.25, 0.3) is 0 Å². The molecule has 2 aromatic rings. The molecule has 0 unspecified atom stereocenters. The molecule has 0 aromatic carbocycles. The van der Waals surface area contributed by atoms with Crippen molar-refractivity contribution in [1.82, 2.24) is 34.7 Å². The standard InChI is InChI=1S/C14H21N7O2/c1-6-21-10-8-20(13(22)23-14(2,3)4)7-9(10)15-11(21)12-16-17-18-19(12)5/h6-8H2,1-5H3. The second-order valence-corrected chi connectivity index (χ2v) is 6.54. The third-order valence-electron chi connectivity index (χ3n) is 3.62. The largest absolute Gasteiger partial charge is 0.444 e. The number of aromatic nitrogens is 6. The van der Waals surface area contributed by atoms with Gasteiger partial charge in [0.2, 0.25) is 5.82 Å². The zero-order valence-electron chi connectivity index (χ0n) is 14.1. The molecule has 124 valence electrons. The Hall–Kier alpha value is -2.45. The number of imidazole rings is 1. The van der Waals surface area contributed by atoms with Crippen molar-refractivity contribution in [1.29, 1.82) is 0 Å². The number of rotatable bonds is 2. The number of tetrazole rings is 1. The van der Waals surface area contributed by atoms with Crippen LogP contribution in [0, 0.1) is 0 Å². The van der Waals surface area contributed by atoms with E-state index in [1.54, 1.807) is 16.6 Å². The summed E-state index contributed by atoms with van der Waals surface area (Å²) >= 11 is 0. The van der Waals surface area contributed by atoms with E-state index in [0.717, 1.165) is 23.8 Å². The highest BCUT2D eigenvalue weighted by Gasteiger charge is 2.33. The fourth-order valence-corrected chi connectivity index (χ4v) is 2.64. The van der Waals surface area contributed by atoms with E-state index >= 15 is 0 Å². The molecule has 0 aliphatic carbocycles. The monoisotopic (exact) mass is 319 g/mol. The highest BCUT2D eigenvalue weighted by molar-refractivity contribution is 5.69. The molecular formula is C14H21N7O2. The lowest BCUT2D eigenvalue weighted by molar-refractivity contribution is 0.0237. The van der Waals surface area contributed by atoms with Gasteiger partial charge < -0.3 is 9.30 Å². The first kappa shape index (κ1) is 15.4. The molecule has 0 N–H and O–H groups in total. The summed E-state index contributed by atoms with van der Waals surface area (Å²) in [5, 5.41) is 11.5. The molecule has 9 heteroatoms. The molecule has 0 bridgehead atoms. The van der Waals surface area contributed by atoms with E-state index in [9.17, 15) is 4.79 Å².